The van der Waals surface area contributed by atoms with Crippen molar-refractivity contribution >= 4 is 0 Å². The van der Waals surface area contributed by atoms with Crippen LogP contribution in [0.25, 0.3) is 0 Å². The van der Waals surface area contributed by atoms with Crippen molar-refractivity contribution in [2.45, 2.75) is 31.7 Å². The quantitative estimate of drug-likeness (QED) is 0.780. The Balaban J connectivity index is 2.49. The average molecular weight is 207 g/mol. The first-order valence-corrected chi connectivity index (χ1v) is 5.24. The highest BCUT2D eigenvalue weighted by atomic mass is 16.5. The molecule has 0 atom stereocenters. The summed E-state index contributed by atoms with van der Waals surface area (Å²) < 4.78 is 5.19. The molecular weight excluding hydrogens is 190 g/mol. The lowest BCUT2D eigenvalue weighted by Crippen LogP contribution is -2.43. The van der Waals surface area contributed by atoms with Gasteiger partial charge in [0, 0.05) is 11.1 Å². The zero-order valence-electron chi connectivity index (χ0n) is 9.21. The largest absolute Gasteiger partial charge is 0.507 e. The summed E-state index contributed by atoms with van der Waals surface area (Å²) in [4.78, 5) is 0. The van der Waals surface area contributed by atoms with E-state index in [2.05, 4.69) is 0 Å². The predicted octanol–water partition coefficient (Wildman–Crippen LogP) is 2.05. The molecule has 1 aromatic carbocycles. The molecule has 0 amide bonds. The predicted molar refractivity (Wildman–Crippen MR) is 59.1 cm³/mol. The van der Waals surface area contributed by atoms with Crippen LogP contribution in [0.4, 0.5) is 0 Å². The number of aryl methyl sites for hydroxylation is 1. The van der Waals surface area contributed by atoms with Crippen molar-refractivity contribution in [3.05, 3.63) is 23.3 Å². The van der Waals surface area contributed by atoms with Gasteiger partial charge in [0.2, 0.25) is 0 Å². The molecule has 3 heteroatoms. The molecule has 0 saturated heterocycles. The van der Waals surface area contributed by atoms with Crippen LogP contribution in [-0.2, 0) is 5.54 Å². The van der Waals surface area contributed by atoms with E-state index in [-0.39, 0.29) is 5.54 Å². The minimum absolute atomic E-state index is 0.318. The maximum absolute atomic E-state index is 9.98. The van der Waals surface area contributed by atoms with Crippen LogP contribution < -0.4 is 10.5 Å². The summed E-state index contributed by atoms with van der Waals surface area (Å²) in [6.45, 7) is 1.86. The fourth-order valence-electron chi connectivity index (χ4n) is 2.07. The Bertz CT molecular complexity index is 383. The topological polar surface area (TPSA) is 55.5 Å². The fraction of sp³-hybridized carbons (Fsp3) is 0.500. The van der Waals surface area contributed by atoms with Gasteiger partial charge in [-0.05, 0) is 43.9 Å². The van der Waals surface area contributed by atoms with E-state index < -0.39 is 0 Å². The third kappa shape index (κ3) is 1.57. The van der Waals surface area contributed by atoms with Gasteiger partial charge in [-0.15, -0.1) is 0 Å². The van der Waals surface area contributed by atoms with Crippen LogP contribution in [-0.4, -0.2) is 12.2 Å². The molecule has 0 aliphatic heterocycles. The molecule has 2 rings (SSSR count). The second-order valence-electron chi connectivity index (χ2n) is 4.35. The monoisotopic (exact) mass is 207 g/mol. The number of benzene rings is 1. The molecule has 0 radical (unpaired) electrons. The van der Waals surface area contributed by atoms with Crippen molar-refractivity contribution in [3.63, 3.8) is 0 Å². The maximum atomic E-state index is 9.98. The van der Waals surface area contributed by atoms with Crippen molar-refractivity contribution in [3.8, 4) is 11.5 Å². The van der Waals surface area contributed by atoms with Gasteiger partial charge in [-0.25, -0.2) is 0 Å². The van der Waals surface area contributed by atoms with Crippen LogP contribution in [0.5, 0.6) is 11.5 Å². The zero-order valence-corrected chi connectivity index (χ0v) is 9.21. The Morgan fingerprint density at radius 1 is 1.40 bits per heavy atom. The van der Waals surface area contributed by atoms with Gasteiger partial charge < -0.3 is 15.6 Å². The van der Waals surface area contributed by atoms with Crippen molar-refractivity contribution in [1.82, 2.24) is 0 Å². The normalized spacial score (nSPS) is 18.3. The van der Waals surface area contributed by atoms with Gasteiger partial charge in [-0.2, -0.15) is 0 Å². The smallest absolute Gasteiger partial charge is 0.123 e. The molecule has 0 unspecified atom stereocenters. The molecular formula is C12H17NO2. The van der Waals surface area contributed by atoms with Crippen LogP contribution in [0, 0.1) is 6.92 Å². The van der Waals surface area contributed by atoms with Crippen LogP contribution in [0.15, 0.2) is 12.1 Å². The first kappa shape index (κ1) is 10.3. The number of phenols is 1. The van der Waals surface area contributed by atoms with Gasteiger partial charge in [-0.1, -0.05) is 0 Å². The number of rotatable bonds is 2. The number of hydrogen-bond donors (Lipinski definition) is 2. The van der Waals surface area contributed by atoms with Crippen molar-refractivity contribution in [2.75, 3.05) is 7.11 Å². The lowest BCUT2D eigenvalue weighted by molar-refractivity contribution is 0.244. The highest BCUT2D eigenvalue weighted by Gasteiger charge is 2.37. The summed E-state index contributed by atoms with van der Waals surface area (Å²) in [6.07, 6.45) is 3.01. The minimum atomic E-state index is -0.344. The molecule has 0 bridgehead atoms. The molecule has 82 valence electrons. The molecule has 0 spiro atoms. The number of nitrogens with two attached hydrogens (primary N) is 1. The molecule has 0 heterocycles. The second-order valence-corrected chi connectivity index (χ2v) is 4.35. The first-order valence-electron chi connectivity index (χ1n) is 5.24. The van der Waals surface area contributed by atoms with E-state index in [1.165, 1.54) is 0 Å². The molecule has 1 fully saturated rings. The van der Waals surface area contributed by atoms with Gasteiger partial charge in [0.15, 0.2) is 0 Å². The van der Waals surface area contributed by atoms with Crippen molar-refractivity contribution in [1.29, 1.82) is 0 Å². The number of ether oxygens (including phenoxy) is 1. The Hall–Kier alpha value is -1.22. The molecule has 3 nitrogen and oxygen atoms in total. The average Bonchev–Trinajstić information content (AvgIpc) is 2.18. The molecule has 1 aromatic rings. The van der Waals surface area contributed by atoms with Gasteiger partial charge >= 0.3 is 0 Å². The number of aromatic hydroxyl groups is 1. The third-order valence-electron chi connectivity index (χ3n) is 3.29. The summed E-state index contributed by atoms with van der Waals surface area (Å²) in [5.74, 6) is 1.08. The molecule has 1 saturated carbocycles. The second kappa shape index (κ2) is 3.42. The van der Waals surface area contributed by atoms with E-state index in [1.54, 1.807) is 7.11 Å². The molecule has 3 N–H and O–H groups in total. The number of hydrogen-bond acceptors (Lipinski definition) is 3. The van der Waals surface area contributed by atoms with Crippen molar-refractivity contribution in [2.24, 2.45) is 5.73 Å². The summed E-state index contributed by atoms with van der Waals surface area (Å²) in [6, 6.07) is 3.67. The van der Waals surface area contributed by atoms with Crippen LogP contribution in [0.3, 0.4) is 0 Å². The highest BCUT2D eigenvalue weighted by molar-refractivity contribution is 5.49. The van der Waals surface area contributed by atoms with E-state index in [0.717, 1.165) is 36.1 Å². The van der Waals surface area contributed by atoms with Gasteiger partial charge in [-0.3, -0.25) is 0 Å². The summed E-state index contributed by atoms with van der Waals surface area (Å²) in [5.41, 5.74) is 7.50. The van der Waals surface area contributed by atoms with E-state index in [9.17, 15) is 5.11 Å². The Kier molecular flexibility index (Phi) is 2.35. The standard InChI is InChI=1S/C12H17NO2/c1-8-6-9(15-2)7-10(11(8)14)12(13)4-3-5-12/h6-7,14H,3-5,13H2,1-2H3. The lowest BCUT2D eigenvalue weighted by atomic mass is 9.72. The Morgan fingerprint density at radius 3 is 2.53 bits per heavy atom. The zero-order chi connectivity index (χ0) is 11.1. The molecule has 15 heavy (non-hydrogen) atoms. The molecule has 1 aliphatic rings. The minimum Gasteiger partial charge on any atom is -0.507 e. The lowest BCUT2D eigenvalue weighted by Gasteiger charge is -2.39. The van der Waals surface area contributed by atoms with Crippen LogP contribution >= 0.6 is 0 Å². The van der Waals surface area contributed by atoms with Crippen LogP contribution in [0.1, 0.15) is 30.4 Å². The Labute approximate surface area is 89.9 Å². The first-order chi connectivity index (χ1) is 7.07. The van der Waals surface area contributed by atoms with Gasteiger partial charge in [0.05, 0.1) is 7.11 Å². The fourth-order valence-corrected chi connectivity index (χ4v) is 2.07. The van der Waals surface area contributed by atoms with E-state index in [4.69, 9.17) is 10.5 Å². The number of phenolic OH excluding ortho intramolecular Hbond substituents is 1. The number of methoxy groups -OCH3 is 1. The van der Waals surface area contributed by atoms with E-state index in [1.807, 2.05) is 19.1 Å². The maximum Gasteiger partial charge on any atom is 0.123 e. The summed E-state index contributed by atoms with van der Waals surface area (Å²) in [7, 11) is 1.62. The molecule has 1 aliphatic carbocycles. The van der Waals surface area contributed by atoms with Gasteiger partial charge in [0.25, 0.3) is 0 Å². The van der Waals surface area contributed by atoms with E-state index >= 15 is 0 Å². The highest BCUT2D eigenvalue weighted by Crippen LogP contribution is 2.44. The third-order valence-corrected chi connectivity index (χ3v) is 3.29. The van der Waals surface area contributed by atoms with Crippen molar-refractivity contribution < 1.29 is 9.84 Å². The molecule has 0 aromatic heterocycles. The summed E-state index contributed by atoms with van der Waals surface area (Å²) >= 11 is 0. The van der Waals surface area contributed by atoms with Gasteiger partial charge in [0.1, 0.15) is 11.5 Å². The van der Waals surface area contributed by atoms with Crippen LogP contribution in [0.2, 0.25) is 0 Å². The van der Waals surface area contributed by atoms with E-state index in [0.29, 0.717) is 5.75 Å². The Morgan fingerprint density at radius 2 is 2.07 bits per heavy atom. The summed E-state index contributed by atoms with van der Waals surface area (Å²) in [5, 5.41) is 9.98. The SMILES string of the molecule is COc1cc(C)c(O)c(C2(N)CCC2)c1.